The molecule has 0 aliphatic carbocycles. The first-order chi connectivity index (χ1) is 15.3. The zero-order chi connectivity index (χ0) is 23.5. The molecule has 32 heavy (non-hydrogen) atoms. The molecule has 0 fully saturated rings. The molecule has 174 valence electrons. The van der Waals surface area contributed by atoms with Crippen LogP contribution in [0.1, 0.15) is 60.7 Å². The van der Waals surface area contributed by atoms with E-state index in [4.69, 9.17) is 5.73 Å². The van der Waals surface area contributed by atoms with E-state index in [9.17, 15) is 9.18 Å². The van der Waals surface area contributed by atoms with Crippen molar-refractivity contribution in [1.82, 2.24) is 10.2 Å². The maximum absolute atomic E-state index is 14.6. The number of hydrogen-bond acceptors (Lipinski definition) is 3. The summed E-state index contributed by atoms with van der Waals surface area (Å²) in [6, 6.07) is 12.6. The lowest BCUT2D eigenvalue weighted by Crippen LogP contribution is -2.38. The summed E-state index contributed by atoms with van der Waals surface area (Å²) in [5.41, 5.74) is 8.97. The van der Waals surface area contributed by atoms with Gasteiger partial charge in [-0.3, -0.25) is 15.1 Å². The number of aryl methyl sites for hydroxylation is 2. The number of amides is 1. The van der Waals surface area contributed by atoms with E-state index in [0.29, 0.717) is 24.0 Å². The predicted octanol–water partition coefficient (Wildman–Crippen LogP) is 4.47. The van der Waals surface area contributed by atoms with Crippen LogP contribution in [-0.4, -0.2) is 42.4 Å². The van der Waals surface area contributed by atoms with Crippen molar-refractivity contribution in [2.24, 2.45) is 10.7 Å². The average Bonchev–Trinajstić information content (AvgIpc) is 2.76. The summed E-state index contributed by atoms with van der Waals surface area (Å²) in [5.74, 6) is -0.744. The van der Waals surface area contributed by atoms with Gasteiger partial charge in [0, 0.05) is 11.1 Å². The summed E-state index contributed by atoms with van der Waals surface area (Å²) >= 11 is 0. The van der Waals surface area contributed by atoms with E-state index in [1.807, 2.05) is 38.1 Å². The Morgan fingerprint density at radius 3 is 2.53 bits per heavy atom. The summed E-state index contributed by atoms with van der Waals surface area (Å²) in [6.07, 6.45) is 2.98. The molecule has 1 unspecified atom stereocenters. The fraction of sp³-hybridized carbons (Fsp3) is 0.462. The Hall–Kier alpha value is -2.73. The Bertz CT molecular complexity index is 908. The summed E-state index contributed by atoms with van der Waals surface area (Å²) < 4.78 is 14.6. The zero-order valence-corrected chi connectivity index (χ0v) is 19.8. The van der Waals surface area contributed by atoms with Crippen molar-refractivity contribution in [1.29, 1.82) is 0 Å². The van der Waals surface area contributed by atoms with Crippen molar-refractivity contribution in [2.75, 3.05) is 19.6 Å². The quantitative estimate of drug-likeness (QED) is 0.400. The number of rotatable bonds is 11. The highest BCUT2D eigenvalue weighted by atomic mass is 19.1. The number of benzene rings is 2. The van der Waals surface area contributed by atoms with Crippen LogP contribution in [0.2, 0.25) is 0 Å². The van der Waals surface area contributed by atoms with Crippen LogP contribution in [0.15, 0.2) is 47.5 Å². The standard InChI is InChI=1S/C26H37FN4O/c1-5-31(6-2)18-10-12-20(4)29-26(28)30-25(32)23-14-9-15-24(27)22(23)17-16-21-13-8-7-11-19(21)3/h7-9,11,13-15,20H,5-6,10,12,16-18H2,1-4H3,(H3,28,29,30,32). The molecular weight excluding hydrogens is 403 g/mol. The minimum Gasteiger partial charge on any atom is -0.370 e. The molecule has 0 radical (unpaired) electrons. The number of guanidine groups is 1. The number of nitrogens with two attached hydrogens (primary N) is 1. The lowest BCUT2D eigenvalue weighted by molar-refractivity contribution is 0.0975. The predicted molar refractivity (Wildman–Crippen MR) is 131 cm³/mol. The van der Waals surface area contributed by atoms with E-state index in [0.717, 1.165) is 43.6 Å². The van der Waals surface area contributed by atoms with Gasteiger partial charge >= 0.3 is 0 Å². The zero-order valence-electron chi connectivity index (χ0n) is 19.8. The molecule has 0 aliphatic rings. The van der Waals surface area contributed by atoms with Gasteiger partial charge in [0.05, 0.1) is 6.04 Å². The first kappa shape index (κ1) is 25.5. The van der Waals surface area contributed by atoms with Crippen LogP contribution in [0, 0.1) is 12.7 Å². The summed E-state index contributed by atoms with van der Waals surface area (Å²) in [6.45, 7) is 11.4. The first-order valence-corrected chi connectivity index (χ1v) is 11.5. The number of carbonyl (C=O) groups excluding carboxylic acids is 1. The smallest absolute Gasteiger partial charge is 0.258 e. The molecule has 0 aliphatic heterocycles. The van der Waals surface area contributed by atoms with Gasteiger partial charge in [0.2, 0.25) is 0 Å². The van der Waals surface area contributed by atoms with Crippen LogP contribution in [0.25, 0.3) is 0 Å². The van der Waals surface area contributed by atoms with Gasteiger partial charge in [-0.1, -0.05) is 44.2 Å². The normalized spacial score (nSPS) is 12.8. The second kappa shape index (κ2) is 13.0. The Labute approximate surface area is 191 Å². The maximum atomic E-state index is 14.6. The highest BCUT2D eigenvalue weighted by molar-refractivity contribution is 6.06. The van der Waals surface area contributed by atoms with E-state index in [-0.39, 0.29) is 17.8 Å². The molecule has 0 bridgehead atoms. The molecule has 2 aromatic carbocycles. The van der Waals surface area contributed by atoms with Crippen molar-refractivity contribution in [3.05, 3.63) is 70.5 Å². The lowest BCUT2D eigenvalue weighted by Gasteiger charge is -2.18. The van der Waals surface area contributed by atoms with Crippen LogP contribution < -0.4 is 11.1 Å². The topological polar surface area (TPSA) is 70.7 Å². The second-order valence-electron chi connectivity index (χ2n) is 8.18. The van der Waals surface area contributed by atoms with Gasteiger partial charge in [-0.25, -0.2) is 4.39 Å². The van der Waals surface area contributed by atoms with E-state index < -0.39 is 5.91 Å². The molecule has 0 saturated carbocycles. The molecule has 6 heteroatoms. The molecule has 0 aromatic heterocycles. The maximum Gasteiger partial charge on any atom is 0.258 e. The number of aliphatic imine (C=N–C) groups is 1. The molecule has 5 nitrogen and oxygen atoms in total. The highest BCUT2D eigenvalue weighted by Gasteiger charge is 2.16. The molecule has 3 N–H and O–H groups in total. The molecule has 1 amide bonds. The number of nitrogens with one attached hydrogen (secondary N) is 1. The van der Waals surface area contributed by atoms with Gasteiger partial charge in [-0.15, -0.1) is 0 Å². The molecule has 0 heterocycles. The van der Waals surface area contributed by atoms with E-state index in [2.05, 4.69) is 29.1 Å². The van der Waals surface area contributed by atoms with E-state index in [1.54, 1.807) is 12.1 Å². The van der Waals surface area contributed by atoms with Gasteiger partial charge in [-0.2, -0.15) is 0 Å². The van der Waals surface area contributed by atoms with E-state index in [1.165, 1.54) is 6.07 Å². The van der Waals surface area contributed by atoms with Gasteiger partial charge in [-0.05, 0) is 82.4 Å². The van der Waals surface area contributed by atoms with Gasteiger partial charge in [0.1, 0.15) is 5.82 Å². The van der Waals surface area contributed by atoms with Crippen molar-refractivity contribution < 1.29 is 9.18 Å². The minimum absolute atomic E-state index is 0.00102. The number of nitrogens with zero attached hydrogens (tertiary/aromatic N) is 2. The van der Waals surface area contributed by atoms with E-state index >= 15 is 0 Å². The van der Waals surface area contributed by atoms with Crippen LogP contribution in [-0.2, 0) is 12.8 Å². The van der Waals surface area contributed by atoms with Crippen molar-refractivity contribution >= 4 is 11.9 Å². The number of carbonyl (C=O) groups is 1. The molecular formula is C26H37FN4O. The molecule has 0 spiro atoms. The third-order valence-corrected chi connectivity index (χ3v) is 5.86. The summed E-state index contributed by atoms with van der Waals surface area (Å²) in [7, 11) is 0. The first-order valence-electron chi connectivity index (χ1n) is 11.5. The van der Waals surface area contributed by atoms with Crippen LogP contribution in [0.5, 0.6) is 0 Å². The third-order valence-electron chi connectivity index (χ3n) is 5.86. The van der Waals surface area contributed by atoms with Gasteiger partial charge < -0.3 is 10.6 Å². The number of halogens is 1. The van der Waals surface area contributed by atoms with Crippen LogP contribution >= 0.6 is 0 Å². The molecule has 2 rings (SSSR count). The fourth-order valence-corrected chi connectivity index (χ4v) is 3.84. The van der Waals surface area contributed by atoms with Crippen molar-refractivity contribution in [3.63, 3.8) is 0 Å². The lowest BCUT2D eigenvalue weighted by atomic mass is 9.97. The largest absolute Gasteiger partial charge is 0.370 e. The third kappa shape index (κ3) is 7.75. The monoisotopic (exact) mass is 440 g/mol. The van der Waals surface area contributed by atoms with Gasteiger partial charge in [0.15, 0.2) is 5.96 Å². The summed E-state index contributed by atoms with van der Waals surface area (Å²) in [4.78, 5) is 19.6. The highest BCUT2D eigenvalue weighted by Crippen LogP contribution is 2.18. The SMILES string of the molecule is CCN(CC)CCCC(C)N=C(N)NC(=O)c1cccc(F)c1CCc1ccccc1C. The Kier molecular flexibility index (Phi) is 10.3. The Morgan fingerprint density at radius 2 is 1.84 bits per heavy atom. The second-order valence-corrected chi connectivity index (χ2v) is 8.18. The van der Waals surface area contributed by atoms with Crippen LogP contribution in [0.4, 0.5) is 4.39 Å². The Morgan fingerprint density at radius 1 is 1.12 bits per heavy atom. The van der Waals surface area contributed by atoms with Crippen molar-refractivity contribution in [2.45, 2.75) is 59.4 Å². The van der Waals surface area contributed by atoms with Gasteiger partial charge in [0.25, 0.3) is 5.91 Å². The van der Waals surface area contributed by atoms with Crippen molar-refractivity contribution in [3.8, 4) is 0 Å². The summed E-state index contributed by atoms with van der Waals surface area (Å²) in [5, 5.41) is 2.64. The molecule has 1 atom stereocenters. The molecule has 2 aromatic rings. The fourth-order valence-electron chi connectivity index (χ4n) is 3.84. The van der Waals surface area contributed by atoms with Crippen LogP contribution in [0.3, 0.4) is 0 Å². The average molecular weight is 441 g/mol. The minimum atomic E-state index is -0.430. The number of hydrogen-bond donors (Lipinski definition) is 2. The Balaban J connectivity index is 2.00. The molecule has 0 saturated heterocycles.